The van der Waals surface area contributed by atoms with Gasteiger partial charge in [0.05, 0.1) is 24.9 Å². The molecule has 1 heterocycles. The first-order chi connectivity index (χ1) is 44.5. The van der Waals surface area contributed by atoms with E-state index in [1.807, 2.05) is 55.4 Å². The van der Waals surface area contributed by atoms with Crippen LogP contribution < -0.4 is 21.3 Å². The number of carbonyl (C=O) groups is 11. The molecule has 1 fully saturated rings. The summed E-state index contributed by atoms with van der Waals surface area (Å²) in [4.78, 5) is 175. The maximum absolute atomic E-state index is 15.5. The van der Waals surface area contributed by atoms with E-state index in [2.05, 4.69) is 26.2 Å². The highest BCUT2D eigenvalue weighted by atomic mass is 16.5. The molecule has 0 radical (unpaired) electrons. The summed E-state index contributed by atoms with van der Waals surface area (Å²) in [5.74, 6) is -10.3. The third-order valence-corrected chi connectivity index (χ3v) is 18.6. The fourth-order valence-corrected chi connectivity index (χ4v) is 12.0. The minimum Gasteiger partial charge on any atom is -0.390 e. The van der Waals surface area contributed by atoms with Gasteiger partial charge in [-0.3, -0.25) is 52.7 Å². The number of carbonyl (C=O) groups excluding carboxylic acids is 11. The van der Waals surface area contributed by atoms with E-state index >= 15 is 33.6 Å². The van der Waals surface area contributed by atoms with Gasteiger partial charge in [-0.05, 0) is 115 Å². The van der Waals surface area contributed by atoms with Crippen LogP contribution in [0.4, 0.5) is 0 Å². The molecule has 96 heavy (non-hydrogen) atoms. The Morgan fingerprint density at radius 3 is 1.42 bits per heavy atom. The molecule has 13 atom stereocenters. The molecule has 0 aromatic carbocycles. The van der Waals surface area contributed by atoms with Crippen molar-refractivity contribution in [1.29, 1.82) is 0 Å². The Morgan fingerprint density at radius 2 is 0.948 bits per heavy atom. The van der Waals surface area contributed by atoms with Crippen LogP contribution in [0.25, 0.3) is 0 Å². The number of aliphatic hydroxyl groups is 1. The normalized spacial score (nSPS) is 26.2. The second-order valence-electron chi connectivity index (χ2n) is 28.9. The molecule has 0 aliphatic carbocycles. The van der Waals surface area contributed by atoms with Gasteiger partial charge in [-0.25, -0.2) is 0 Å². The van der Waals surface area contributed by atoms with Gasteiger partial charge in [0.1, 0.15) is 66.5 Å². The summed E-state index contributed by atoms with van der Waals surface area (Å²) in [7, 11) is 11.3. The van der Waals surface area contributed by atoms with Crippen molar-refractivity contribution in [2.75, 3.05) is 89.3 Å². The number of nitrogens with one attached hydrogen (secondary N) is 4. The van der Waals surface area contributed by atoms with Crippen LogP contribution in [0, 0.1) is 35.5 Å². The van der Waals surface area contributed by atoms with Crippen LogP contribution in [0.3, 0.4) is 0 Å². The van der Waals surface area contributed by atoms with Crippen LogP contribution in [0.15, 0.2) is 12.2 Å². The monoisotopic (exact) mass is 1360 g/mol. The Labute approximate surface area is 575 Å². The third-order valence-electron chi connectivity index (χ3n) is 18.6. The van der Waals surface area contributed by atoms with Crippen LogP contribution in [-0.4, -0.2) is 277 Å². The topological polar surface area (TPSA) is 300 Å². The number of amides is 11. The lowest BCUT2D eigenvalue weighted by Gasteiger charge is -2.41. The molecule has 552 valence electrons. The number of methoxy groups -OCH3 is 1. The molecule has 5 N–H and O–H groups in total. The zero-order valence-corrected chi connectivity index (χ0v) is 63.7. The predicted octanol–water partition coefficient (Wildman–Crippen LogP) is 3.76. The quantitative estimate of drug-likeness (QED) is 0.0719. The molecule has 11 amide bonds. The number of likely N-dealkylation sites (N-methyl/N-ethyl adjacent to an activating group) is 8. The number of nitrogens with zero attached hydrogens (tertiary/aromatic N) is 8. The molecule has 0 spiro atoms. The van der Waals surface area contributed by atoms with Crippen molar-refractivity contribution in [1.82, 2.24) is 60.5 Å². The fourth-order valence-electron chi connectivity index (χ4n) is 12.0. The molecule has 0 aromatic rings. The first-order valence-corrected chi connectivity index (χ1v) is 34.7. The third kappa shape index (κ3) is 24.9. The summed E-state index contributed by atoms with van der Waals surface area (Å²) in [6.07, 6.45) is 2.56. The van der Waals surface area contributed by atoms with Gasteiger partial charge in [-0.2, -0.15) is 0 Å². The minimum absolute atomic E-state index is 0.0424. The lowest BCUT2D eigenvalue weighted by atomic mass is 9.91. The standard InChI is InChI=1S/C70H128N12O14/c1-28-32-33-46(15)58(83)57-62(87)73-49(29-2)64(89)79(24)54(40-96-35-34-82(30-3)31-4)67(92)78(23)53(39-70(18,19)95-27)61(86)74-55(44(11)12)68(93)75(20)50(36-41(5)6)60(85)71-47(16)59(84)72-48(17)63(88)76(21)51(37-42(7)8)65(90)77(22)52(38-43(9)10)66(91)80(25)56(45(13)14)69(94)81(57)26/h28,32,41-58,83H,29-31,33-40H2,1-27H3,(H,71,85)(H,72,84)(H,73,87)(H,74,86)/t46-,47+,48-,49+,50+,51+,52+,53+,54-,55+,56+,57+,58-/m1/s1. The second-order valence-corrected chi connectivity index (χ2v) is 28.9. The highest BCUT2D eigenvalue weighted by Crippen LogP contribution is 2.27. The molecule has 1 aliphatic rings. The van der Waals surface area contributed by atoms with E-state index in [1.54, 1.807) is 74.5 Å². The van der Waals surface area contributed by atoms with E-state index in [0.29, 0.717) is 19.6 Å². The Hall–Kier alpha value is -6.25. The molecule has 0 saturated carbocycles. The molecule has 1 saturated heterocycles. The Morgan fingerprint density at radius 1 is 0.510 bits per heavy atom. The average molecular weight is 1360 g/mol. The van der Waals surface area contributed by atoms with Gasteiger partial charge in [-0.1, -0.05) is 109 Å². The summed E-state index contributed by atoms with van der Waals surface area (Å²) in [5, 5.41) is 23.4. The van der Waals surface area contributed by atoms with Gasteiger partial charge in [0.15, 0.2) is 0 Å². The molecule has 0 unspecified atom stereocenters. The van der Waals surface area contributed by atoms with Gasteiger partial charge < -0.3 is 75.0 Å². The van der Waals surface area contributed by atoms with Gasteiger partial charge in [0.25, 0.3) is 0 Å². The Kier molecular flexibility index (Phi) is 37.1. The van der Waals surface area contributed by atoms with E-state index in [9.17, 15) is 24.3 Å². The number of ether oxygens (including phenoxy) is 2. The molecular weight excluding hydrogens is 1230 g/mol. The number of hydrogen-bond donors (Lipinski definition) is 5. The highest BCUT2D eigenvalue weighted by molar-refractivity contribution is 6.00. The first kappa shape index (κ1) is 87.8. The van der Waals surface area contributed by atoms with Crippen LogP contribution in [0.2, 0.25) is 0 Å². The lowest BCUT2D eigenvalue weighted by molar-refractivity contribution is -0.157. The molecule has 0 aromatic heterocycles. The summed E-state index contributed by atoms with van der Waals surface area (Å²) in [5.41, 5.74) is -1.07. The number of hydrogen-bond acceptors (Lipinski definition) is 15. The largest absolute Gasteiger partial charge is 0.390 e. The van der Waals surface area contributed by atoms with E-state index in [0.717, 1.165) is 9.80 Å². The van der Waals surface area contributed by atoms with E-state index in [-0.39, 0.29) is 69.5 Å². The van der Waals surface area contributed by atoms with E-state index in [4.69, 9.17) is 9.47 Å². The molecular formula is C70H128N12O14. The molecule has 0 bridgehead atoms. The zero-order valence-electron chi connectivity index (χ0n) is 63.7. The molecule has 1 aliphatic heterocycles. The van der Waals surface area contributed by atoms with Crippen LogP contribution >= 0.6 is 0 Å². The van der Waals surface area contributed by atoms with E-state index < -0.39 is 161 Å². The predicted molar refractivity (Wildman–Crippen MR) is 372 cm³/mol. The second kappa shape index (κ2) is 40.6. The SMILES string of the molecule is CC=CC[C@@H](C)[C@@H](O)[C@H]1C(=O)N[C@@H](CC)C(=O)N(C)[C@H](COCCN(CC)CC)C(=O)N(C)[C@@H](CC(C)(C)OC)C(=O)N[C@@H](C(C)C)C(=O)N(C)[C@@H](CC(C)C)C(=O)N[C@@H](C)C(=O)N[C@H](C)C(=O)N(C)[C@@H](CC(C)C)C(=O)N(C)[C@@H](CC(C)C)C(=O)N(C)[C@@H](C(C)C)C(=O)N1C. The summed E-state index contributed by atoms with van der Waals surface area (Å²) >= 11 is 0. The molecule has 26 nitrogen and oxygen atoms in total. The number of allylic oxidation sites excluding steroid dienone is 2. The van der Waals surface area contributed by atoms with E-state index in [1.165, 1.54) is 94.8 Å². The minimum atomic E-state index is -1.67. The summed E-state index contributed by atoms with van der Waals surface area (Å²) in [6.45, 7) is 35.2. The van der Waals surface area contributed by atoms with Crippen LogP contribution in [-0.2, 0) is 62.2 Å². The zero-order chi connectivity index (χ0) is 74.3. The molecule has 1 rings (SSSR count). The Balaban J connectivity index is 4.62. The van der Waals surface area contributed by atoms with Crippen molar-refractivity contribution in [2.45, 2.75) is 248 Å². The average Bonchev–Trinajstić information content (AvgIpc) is 0.949. The van der Waals surface area contributed by atoms with Crippen LogP contribution in [0.1, 0.15) is 170 Å². The van der Waals surface area contributed by atoms with Crippen molar-refractivity contribution in [3.05, 3.63) is 12.2 Å². The van der Waals surface area contributed by atoms with Crippen LogP contribution in [0.5, 0.6) is 0 Å². The van der Waals surface area contributed by atoms with Gasteiger partial charge in [0, 0.05) is 69.4 Å². The highest BCUT2D eigenvalue weighted by Gasteiger charge is 2.47. The summed E-state index contributed by atoms with van der Waals surface area (Å²) in [6, 6.07) is -14.5. The summed E-state index contributed by atoms with van der Waals surface area (Å²) < 4.78 is 12.0. The van der Waals surface area contributed by atoms with Gasteiger partial charge >= 0.3 is 0 Å². The first-order valence-electron chi connectivity index (χ1n) is 34.7. The Bertz CT molecular complexity index is 2600. The molecule has 26 heteroatoms. The smallest absolute Gasteiger partial charge is 0.248 e. The maximum Gasteiger partial charge on any atom is 0.248 e. The maximum atomic E-state index is 15.5. The van der Waals surface area contributed by atoms with Crippen molar-refractivity contribution in [2.24, 2.45) is 35.5 Å². The number of rotatable bonds is 23. The lowest BCUT2D eigenvalue weighted by Crippen LogP contribution is -2.64. The van der Waals surface area contributed by atoms with Crippen molar-refractivity contribution >= 4 is 65.0 Å². The number of aliphatic hydroxyl groups excluding tert-OH is 1. The fraction of sp³-hybridized carbons (Fsp3) is 0.814. The van der Waals surface area contributed by atoms with Crippen molar-refractivity contribution < 1.29 is 67.3 Å². The van der Waals surface area contributed by atoms with Gasteiger partial charge in [0.2, 0.25) is 65.0 Å². The van der Waals surface area contributed by atoms with Crippen molar-refractivity contribution in [3.8, 4) is 0 Å². The van der Waals surface area contributed by atoms with Gasteiger partial charge in [-0.15, -0.1) is 0 Å². The van der Waals surface area contributed by atoms with Crippen molar-refractivity contribution in [3.63, 3.8) is 0 Å².